The summed E-state index contributed by atoms with van der Waals surface area (Å²) in [5.41, 5.74) is 33.1. The first kappa shape index (κ1) is 92.4. The van der Waals surface area contributed by atoms with Crippen molar-refractivity contribution in [3.8, 4) is 11.5 Å². The molecule has 1 heterocycles. The lowest BCUT2D eigenvalue weighted by atomic mass is 9.88. The minimum absolute atomic E-state index is 0.140. The van der Waals surface area contributed by atoms with Crippen LogP contribution < -0.4 is 4.74 Å². The monoisotopic (exact) mass is 1510 g/mol. The summed E-state index contributed by atoms with van der Waals surface area (Å²) < 4.78 is 18.7. The van der Waals surface area contributed by atoms with Gasteiger partial charge in [-0.2, -0.15) is 11.3 Å². The van der Waals surface area contributed by atoms with Gasteiger partial charge < -0.3 is 9.84 Å². The fourth-order valence-corrected chi connectivity index (χ4v) is 14.2. The van der Waals surface area contributed by atoms with E-state index in [2.05, 4.69) is 316 Å². The molecule has 0 radical (unpaired) electrons. The molecule has 1 N–H and O–H groups in total. The topological polar surface area (TPSA) is 63.6 Å². The van der Waals surface area contributed by atoms with Crippen LogP contribution in [-0.2, 0) is 32.1 Å². The van der Waals surface area contributed by atoms with Crippen molar-refractivity contribution < 1.29 is 23.8 Å². The van der Waals surface area contributed by atoms with Gasteiger partial charge in [-0.15, -0.1) is 0 Å². The van der Waals surface area contributed by atoms with Gasteiger partial charge in [-0.3, -0.25) is 4.79 Å². The highest BCUT2D eigenvalue weighted by atomic mass is 32.1. The van der Waals surface area contributed by atoms with E-state index in [-0.39, 0.29) is 5.82 Å². The summed E-state index contributed by atoms with van der Waals surface area (Å²) in [4.78, 5) is 21.3. The van der Waals surface area contributed by atoms with Crippen molar-refractivity contribution in [2.45, 2.75) is 259 Å². The smallest absolute Gasteiger partial charge is 0.335 e. The van der Waals surface area contributed by atoms with Crippen LogP contribution in [0.2, 0.25) is 0 Å². The highest BCUT2D eigenvalue weighted by Crippen LogP contribution is 2.32. The number of benzene rings is 10. The van der Waals surface area contributed by atoms with Gasteiger partial charge in [-0.25, -0.2) is 9.18 Å². The third-order valence-corrected chi connectivity index (χ3v) is 21.1. The molecule has 0 spiro atoms. The molecule has 0 saturated carbocycles. The lowest BCUT2D eigenvalue weighted by molar-refractivity contribution is 0.0696. The molecule has 4 bridgehead atoms. The molecule has 1 aromatic heterocycles. The normalized spacial score (nSPS) is 11.3. The maximum Gasteiger partial charge on any atom is 0.335 e. The Kier molecular flexibility index (Phi) is 38.2. The number of aromatic carboxylic acids is 1. The molecule has 4 aliphatic rings. The largest absolute Gasteiger partial charge is 0.478 e. The van der Waals surface area contributed by atoms with Crippen molar-refractivity contribution in [3.05, 3.63) is 361 Å². The van der Waals surface area contributed by atoms with Gasteiger partial charge in [-0.05, 0) is 319 Å². The number of carboxylic acids is 1. The van der Waals surface area contributed by atoms with Crippen molar-refractivity contribution in [2.24, 2.45) is 0 Å². The SMILES string of the molecule is Cc1cc(C(=O)O)cc(C(C)C)c1.Cc1cc(C=O)cc(C(C)C)c1.Cc1cc2ccc1CCc1ccc(c(C(C)C)c1)CC2.Cc1ccc(Cc2ccc(C(C)C)cc2)cc1.Cc1ccc(F)cc1C(C)C.Cc1ccc(Oc2ccc(C(C)C)cc2C)c(C)c1.Cc1cccc(C(C)C)c1.Cc1cscc1C(C)C. The minimum atomic E-state index is -0.856. The Hall–Kier alpha value is -9.23. The Bertz CT molecular complexity index is 4670. The molecule has 4 aliphatic carbocycles. The van der Waals surface area contributed by atoms with Crippen LogP contribution in [0.1, 0.15) is 312 Å². The van der Waals surface area contributed by atoms with Crippen LogP contribution >= 0.6 is 11.3 Å². The summed E-state index contributed by atoms with van der Waals surface area (Å²) in [6, 6.07) is 69.7. The summed E-state index contributed by atoms with van der Waals surface area (Å²) in [7, 11) is 0. The van der Waals surface area contributed by atoms with E-state index in [1.54, 1.807) is 35.1 Å². The quantitative estimate of drug-likeness (QED) is 0.110. The van der Waals surface area contributed by atoms with Crippen molar-refractivity contribution in [2.75, 3.05) is 0 Å². The molecule has 0 saturated heterocycles. The number of aldehydes is 1. The second kappa shape index (κ2) is 45.9. The van der Waals surface area contributed by atoms with Crippen molar-refractivity contribution in [1.29, 1.82) is 0 Å². The van der Waals surface area contributed by atoms with Crippen LogP contribution in [0.3, 0.4) is 0 Å². The number of carbonyl (C=O) groups is 2. The fraction of sp³-hybridized carbons (Fsp3) is 0.371. The number of ether oxygens (including phenoxy) is 1. The Balaban J connectivity index is 0.000000230. The van der Waals surface area contributed by atoms with Crippen LogP contribution in [0.5, 0.6) is 11.5 Å². The number of aryl methyl sites for hydroxylation is 14. The van der Waals surface area contributed by atoms with E-state index < -0.39 is 5.97 Å². The van der Waals surface area contributed by atoms with Gasteiger partial charge in [0.2, 0.25) is 0 Å². The highest BCUT2D eigenvalue weighted by Gasteiger charge is 2.14. The fourth-order valence-electron chi connectivity index (χ4n) is 13.2. The predicted octanol–water partition coefficient (Wildman–Crippen LogP) is 30.5. The number of rotatable bonds is 14. The summed E-state index contributed by atoms with van der Waals surface area (Å²) in [5, 5.41) is 13.3. The Morgan fingerprint density at radius 3 is 1.32 bits per heavy atom. The van der Waals surface area contributed by atoms with Gasteiger partial charge in [0.1, 0.15) is 23.6 Å². The van der Waals surface area contributed by atoms with E-state index in [0.717, 1.165) is 77.7 Å². The number of halogens is 1. The first-order valence-electron chi connectivity index (χ1n) is 40.4. The number of hydrogen-bond donors (Lipinski definition) is 1. The zero-order chi connectivity index (χ0) is 82.3. The van der Waals surface area contributed by atoms with E-state index in [0.29, 0.717) is 52.9 Å². The van der Waals surface area contributed by atoms with Crippen molar-refractivity contribution in [1.82, 2.24) is 0 Å². The van der Waals surface area contributed by atoms with Crippen molar-refractivity contribution in [3.63, 3.8) is 0 Å². The third-order valence-electron chi connectivity index (χ3n) is 20.2. The zero-order valence-electron chi connectivity index (χ0n) is 72.4. The average Bonchev–Trinajstić information content (AvgIpc) is 1.59. The maximum absolute atomic E-state index is 12.7. The molecule has 11 aromatic rings. The molecular formula is C105H133FO4S. The first-order chi connectivity index (χ1) is 52.4. The Morgan fingerprint density at radius 2 is 0.847 bits per heavy atom. The lowest BCUT2D eigenvalue weighted by Gasteiger charge is -2.17. The molecule has 0 amide bonds. The van der Waals surface area contributed by atoms with Gasteiger partial charge in [0.15, 0.2) is 0 Å². The molecule has 6 heteroatoms. The summed E-state index contributed by atoms with van der Waals surface area (Å²) in [5.74, 6) is 5.28. The molecule has 111 heavy (non-hydrogen) atoms. The van der Waals surface area contributed by atoms with E-state index in [1.165, 1.54) is 112 Å². The second-order valence-corrected chi connectivity index (χ2v) is 33.7. The van der Waals surface area contributed by atoms with Crippen molar-refractivity contribution >= 4 is 23.6 Å². The summed E-state index contributed by atoms with van der Waals surface area (Å²) in [6.45, 7) is 55.8. The third kappa shape index (κ3) is 31.8. The van der Waals surface area contributed by atoms with Crippen LogP contribution in [0.4, 0.5) is 4.39 Å². The number of carbonyl (C=O) groups excluding carboxylic acids is 1. The predicted molar refractivity (Wildman–Crippen MR) is 479 cm³/mol. The van der Waals surface area contributed by atoms with Gasteiger partial charge in [0.05, 0.1) is 5.56 Å². The lowest BCUT2D eigenvalue weighted by Crippen LogP contribution is -2.04. The van der Waals surface area contributed by atoms with E-state index in [1.807, 2.05) is 51.1 Å². The molecular weight excluding hydrogens is 1380 g/mol. The van der Waals surface area contributed by atoms with Gasteiger partial charge in [0.25, 0.3) is 0 Å². The highest BCUT2D eigenvalue weighted by molar-refractivity contribution is 7.08. The molecule has 0 aliphatic heterocycles. The van der Waals surface area contributed by atoms with E-state index in [9.17, 15) is 14.0 Å². The molecule has 15 rings (SSSR count). The van der Waals surface area contributed by atoms with Crippen LogP contribution in [0.25, 0.3) is 0 Å². The average molecular weight is 1510 g/mol. The Morgan fingerprint density at radius 1 is 0.369 bits per heavy atom. The van der Waals surface area contributed by atoms with Crippen LogP contribution in [0.15, 0.2) is 211 Å². The molecule has 10 aromatic carbocycles. The summed E-state index contributed by atoms with van der Waals surface area (Å²) >= 11 is 1.79. The minimum Gasteiger partial charge on any atom is -0.478 e. The molecule has 0 unspecified atom stereocenters. The maximum atomic E-state index is 12.7. The van der Waals surface area contributed by atoms with E-state index in [4.69, 9.17) is 9.84 Å². The van der Waals surface area contributed by atoms with Gasteiger partial charge >= 0.3 is 5.97 Å². The van der Waals surface area contributed by atoms with Crippen LogP contribution in [-0.4, -0.2) is 17.4 Å². The standard InChI is InChI=1S/C20H24.C18H22O.C17H20.C11H14O2.C11H14O.C10H13F.C10H14.C8H12S/c1-14(2)20-13-17-5-9-18-8-4-16(12-15(18)3)6-10-19(20)11-7-17;1-12(2)16-7-9-18(15(5)11-16)19-17-8-6-13(3)10-14(17)4;1-13(2)17-10-8-16(9-11-17)12-15-6-4-14(3)5-7-15;1-7(2)9-4-8(3)5-10(6-9)11(12)13;1-8(2)11-5-9(3)4-10(6-11)7-12;1-7(2)10-6-9(11)5-4-8(10)3;1-8(2)10-6-4-5-9(3)7-10;1-6(2)8-5-9-4-7(8)3/h4,7-8,11-14H,5-6,9-10H2,1-3H3;6-12H,1-5H3;4-11,13H,12H2,1-3H3;4-7H,1-3H3,(H,12,13);4-8H,1-3H3;4-7H,1-3H3;4-8H,1-3H3;4-6H,1-3H3. The summed E-state index contributed by atoms with van der Waals surface area (Å²) in [6.07, 6.45) is 6.55. The number of thiophene rings is 1. The molecule has 590 valence electrons. The number of hydrogen-bond acceptors (Lipinski definition) is 4. The van der Waals surface area contributed by atoms with Gasteiger partial charge in [-0.1, -0.05) is 285 Å². The zero-order valence-corrected chi connectivity index (χ0v) is 73.2. The molecule has 0 fully saturated rings. The molecule has 4 nitrogen and oxygen atoms in total. The van der Waals surface area contributed by atoms with Gasteiger partial charge in [0, 0.05) is 5.56 Å². The second-order valence-electron chi connectivity index (χ2n) is 33.0. The van der Waals surface area contributed by atoms with E-state index >= 15 is 0 Å². The Labute approximate surface area is 675 Å². The molecule has 0 atom stereocenters. The van der Waals surface area contributed by atoms with Crippen LogP contribution in [0, 0.1) is 75.1 Å². The number of carboxylic acid groups (broad SMARTS) is 1. The first-order valence-corrected chi connectivity index (χ1v) is 41.3.